The molecule has 1 fully saturated rings. The molecule has 10 heteroatoms. The molecule has 0 N–H and O–H groups in total. The number of piperazine rings is 1. The molecule has 1 saturated heterocycles. The van der Waals surface area contributed by atoms with Crippen LogP contribution in [0.5, 0.6) is 5.75 Å². The number of halogens is 3. The number of pyridine rings is 1. The Morgan fingerprint density at radius 2 is 2.00 bits per heavy atom. The zero-order valence-corrected chi connectivity index (χ0v) is 19.9. The summed E-state index contributed by atoms with van der Waals surface area (Å²) < 4.78 is 6.86. The van der Waals surface area contributed by atoms with Crippen LogP contribution in [0, 0.1) is 0 Å². The van der Waals surface area contributed by atoms with Gasteiger partial charge in [-0.3, -0.25) is 14.5 Å². The molecule has 0 bridgehead atoms. The van der Waals surface area contributed by atoms with Crippen molar-refractivity contribution in [3.8, 4) is 17.1 Å². The molecular formula is C22H22Cl3N5O2. The number of hydrogen-bond donors (Lipinski definition) is 0. The second-order valence-corrected chi connectivity index (χ2v) is 8.67. The van der Waals surface area contributed by atoms with Crippen LogP contribution in [0.25, 0.3) is 11.4 Å². The van der Waals surface area contributed by atoms with Crippen LogP contribution in [0.15, 0.2) is 42.6 Å². The van der Waals surface area contributed by atoms with Crippen LogP contribution >= 0.6 is 34.8 Å². The maximum absolute atomic E-state index is 13.2. The first-order valence-electron chi connectivity index (χ1n) is 10.1. The van der Waals surface area contributed by atoms with Gasteiger partial charge in [0, 0.05) is 43.6 Å². The highest BCUT2D eigenvalue weighted by Gasteiger charge is 2.29. The predicted molar refractivity (Wildman–Crippen MR) is 127 cm³/mol. The van der Waals surface area contributed by atoms with Gasteiger partial charge in [0.25, 0.3) is 0 Å². The van der Waals surface area contributed by atoms with Gasteiger partial charge in [-0.1, -0.05) is 40.9 Å². The summed E-state index contributed by atoms with van der Waals surface area (Å²) in [6.07, 6.45) is 1.66. The van der Waals surface area contributed by atoms with Crippen molar-refractivity contribution in [3.05, 3.63) is 57.8 Å². The average molecular weight is 495 g/mol. The first kappa shape index (κ1) is 22.7. The lowest BCUT2D eigenvalue weighted by molar-refractivity contribution is -0.134. The topological polar surface area (TPSA) is 63.5 Å². The van der Waals surface area contributed by atoms with E-state index in [1.165, 1.54) is 4.68 Å². The van der Waals surface area contributed by atoms with Crippen LogP contribution in [-0.4, -0.2) is 58.4 Å². The van der Waals surface area contributed by atoms with Crippen LogP contribution in [0.2, 0.25) is 15.2 Å². The maximum atomic E-state index is 13.2. The number of carbonyl (C=O) groups excluding carboxylic acids is 1. The molecule has 0 aliphatic carbocycles. The minimum Gasteiger partial charge on any atom is -0.495 e. The molecule has 0 saturated carbocycles. The van der Waals surface area contributed by atoms with Crippen LogP contribution in [0.3, 0.4) is 0 Å². The summed E-state index contributed by atoms with van der Waals surface area (Å²) >= 11 is 18.7. The van der Waals surface area contributed by atoms with Gasteiger partial charge >= 0.3 is 0 Å². The van der Waals surface area contributed by atoms with Gasteiger partial charge in [-0.2, -0.15) is 5.10 Å². The molecule has 4 rings (SSSR count). The van der Waals surface area contributed by atoms with Crippen molar-refractivity contribution in [2.45, 2.75) is 19.5 Å². The Kier molecular flexibility index (Phi) is 6.79. The summed E-state index contributed by atoms with van der Waals surface area (Å²) in [4.78, 5) is 21.6. The molecule has 1 aliphatic heterocycles. The monoisotopic (exact) mass is 493 g/mol. The number of hydrogen-bond acceptors (Lipinski definition) is 5. The van der Waals surface area contributed by atoms with Crippen LogP contribution in [-0.2, 0) is 11.3 Å². The third-order valence-electron chi connectivity index (χ3n) is 5.50. The summed E-state index contributed by atoms with van der Waals surface area (Å²) in [7, 11) is 1.59. The van der Waals surface area contributed by atoms with Crippen molar-refractivity contribution < 1.29 is 9.53 Å². The van der Waals surface area contributed by atoms with E-state index >= 15 is 0 Å². The summed E-state index contributed by atoms with van der Waals surface area (Å²) in [5, 5.41) is 5.26. The van der Waals surface area contributed by atoms with Crippen molar-refractivity contribution in [2.75, 3.05) is 31.6 Å². The first-order chi connectivity index (χ1) is 15.4. The molecule has 168 valence electrons. The molecule has 32 heavy (non-hydrogen) atoms. The van der Waals surface area contributed by atoms with Gasteiger partial charge in [-0.05, 0) is 31.2 Å². The minimum absolute atomic E-state index is 0.00210. The molecule has 7 nitrogen and oxygen atoms in total. The molecule has 1 aliphatic rings. The Balaban J connectivity index is 1.49. The third-order valence-corrected chi connectivity index (χ3v) is 6.53. The molecule has 3 aromatic rings. The largest absolute Gasteiger partial charge is 0.495 e. The van der Waals surface area contributed by atoms with E-state index in [-0.39, 0.29) is 28.7 Å². The third kappa shape index (κ3) is 4.51. The molecule has 2 aromatic heterocycles. The lowest BCUT2D eigenvalue weighted by Gasteiger charge is -2.41. The number of carbonyl (C=O) groups is 1. The first-order valence-corrected chi connectivity index (χ1v) is 11.2. The van der Waals surface area contributed by atoms with E-state index < -0.39 is 0 Å². The van der Waals surface area contributed by atoms with Crippen LogP contribution < -0.4 is 9.64 Å². The lowest BCUT2D eigenvalue weighted by atomic mass is 10.1. The van der Waals surface area contributed by atoms with Crippen LogP contribution in [0.4, 0.5) is 5.69 Å². The fraction of sp³-hybridized carbons (Fsp3) is 0.318. The Morgan fingerprint density at radius 1 is 1.19 bits per heavy atom. The van der Waals surface area contributed by atoms with Crippen molar-refractivity contribution >= 4 is 46.4 Å². The average Bonchev–Trinajstić information content (AvgIpc) is 3.07. The normalized spacial score (nSPS) is 16.3. The fourth-order valence-corrected chi connectivity index (χ4v) is 4.51. The van der Waals surface area contributed by atoms with Gasteiger partial charge in [0.2, 0.25) is 5.91 Å². The number of benzene rings is 1. The Labute approximate surface area is 201 Å². The minimum atomic E-state index is -0.0566. The summed E-state index contributed by atoms with van der Waals surface area (Å²) in [6, 6.07) is 11.2. The number of nitrogens with zero attached hydrogens (tertiary/aromatic N) is 5. The standard InChI is InChI=1S/C22H22Cl3N5O2/c1-14-12-28(15-6-7-16(23)18(11-15)32-2)9-10-29(14)19(31)13-30-21(20(24)22(25)27-30)17-5-3-4-8-26-17/h3-8,11,14H,9-10,12-13H2,1-2H3/t14-/m0/s1. The quantitative estimate of drug-likeness (QED) is 0.517. The second-order valence-electron chi connectivity index (χ2n) is 7.53. The fourth-order valence-electron chi connectivity index (χ4n) is 3.90. The van der Waals surface area contributed by atoms with E-state index in [1.54, 1.807) is 13.3 Å². The Bertz CT molecular complexity index is 1120. The maximum Gasteiger partial charge on any atom is 0.244 e. The molecule has 1 amide bonds. The molecule has 1 atom stereocenters. The predicted octanol–water partition coefficient (Wildman–Crippen LogP) is 4.65. The molecule has 1 aromatic carbocycles. The lowest BCUT2D eigenvalue weighted by Crippen LogP contribution is -2.54. The van der Waals surface area contributed by atoms with Crippen molar-refractivity contribution in [1.29, 1.82) is 0 Å². The van der Waals surface area contributed by atoms with E-state index in [1.807, 2.05) is 48.2 Å². The highest BCUT2D eigenvalue weighted by molar-refractivity contribution is 6.42. The second kappa shape index (κ2) is 9.57. The number of rotatable bonds is 5. The van der Waals surface area contributed by atoms with Gasteiger partial charge in [-0.25, -0.2) is 0 Å². The number of anilines is 1. The van der Waals surface area contributed by atoms with Gasteiger partial charge < -0.3 is 14.5 Å². The molecular weight excluding hydrogens is 473 g/mol. The van der Waals surface area contributed by atoms with E-state index in [0.29, 0.717) is 41.8 Å². The van der Waals surface area contributed by atoms with Crippen molar-refractivity contribution in [1.82, 2.24) is 19.7 Å². The number of methoxy groups -OCH3 is 1. The summed E-state index contributed by atoms with van der Waals surface area (Å²) in [5.41, 5.74) is 2.15. The molecule has 3 heterocycles. The molecule has 0 spiro atoms. The van der Waals surface area contributed by atoms with Gasteiger partial charge in [0.1, 0.15) is 23.0 Å². The molecule has 0 unspecified atom stereocenters. The number of ether oxygens (including phenoxy) is 1. The number of amides is 1. The summed E-state index contributed by atoms with van der Waals surface area (Å²) in [6.45, 7) is 4.00. The zero-order chi connectivity index (χ0) is 22.8. The van der Waals surface area contributed by atoms with Gasteiger partial charge in [-0.15, -0.1) is 0 Å². The summed E-state index contributed by atoms with van der Waals surface area (Å²) in [5.74, 6) is 0.573. The zero-order valence-electron chi connectivity index (χ0n) is 17.6. The smallest absolute Gasteiger partial charge is 0.244 e. The highest BCUT2D eigenvalue weighted by Crippen LogP contribution is 2.33. The Hall–Kier alpha value is -2.48. The highest BCUT2D eigenvalue weighted by atomic mass is 35.5. The van der Waals surface area contributed by atoms with E-state index in [4.69, 9.17) is 39.5 Å². The van der Waals surface area contributed by atoms with E-state index in [9.17, 15) is 4.79 Å². The van der Waals surface area contributed by atoms with Crippen molar-refractivity contribution in [2.24, 2.45) is 0 Å². The molecule has 0 radical (unpaired) electrons. The Morgan fingerprint density at radius 3 is 2.69 bits per heavy atom. The van der Waals surface area contributed by atoms with Crippen LogP contribution in [0.1, 0.15) is 6.92 Å². The van der Waals surface area contributed by atoms with E-state index in [2.05, 4.69) is 15.0 Å². The van der Waals surface area contributed by atoms with Gasteiger partial charge in [0.15, 0.2) is 5.15 Å². The SMILES string of the molecule is COc1cc(N2CCN(C(=O)Cn3nc(Cl)c(Cl)c3-c3ccccn3)[C@@H](C)C2)ccc1Cl. The van der Waals surface area contributed by atoms with E-state index in [0.717, 1.165) is 5.69 Å². The van der Waals surface area contributed by atoms with Gasteiger partial charge in [0.05, 0.1) is 17.8 Å². The number of aromatic nitrogens is 3. The van der Waals surface area contributed by atoms with Crippen molar-refractivity contribution in [3.63, 3.8) is 0 Å².